The summed E-state index contributed by atoms with van der Waals surface area (Å²) in [7, 11) is 1.66. The van der Waals surface area contributed by atoms with E-state index in [0.29, 0.717) is 12.1 Å². The Kier molecular flexibility index (Phi) is 5.92. The van der Waals surface area contributed by atoms with Crippen molar-refractivity contribution in [3.05, 3.63) is 47.8 Å². The number of likely N-dealkylation sites (N-methyl/N-ethyl adjacent to an activating group) is 1. The van der Waals surface area contributed by atoms with Crippen LogP contribution < -0.4 is 0 Å². The monoisotopic (exact) mass is 257 g/mol. The van der Waals surface area contributed by atoms with Gasteiger partial charge in [-0.05, 0) is 25.6 Å². The smallest absolute Gasteiger partial charge is 0.293 e. The summed E-state index contributed by atoms with van der Waals surface area (Å²) in [4.78, 5) is 1.62. The normalized spacial score (nSPS) is 12.6. The number of rotatable bonds is 6. The third kappa shape index (κ3) is 3.88. The summed E-state index contributed by atoms with van der Waals surface area (Å²) in [5.74, 6) is -1.36. The minimum atomic E-state index is -2.24. The first-order valence-electron chi connectivity index (χ1n) is 6.03. The molecule has 1 nitrogen and oxygen atoms in total. The van der Waals surface area contributed by atoms with Gasteiger partial charge in [-0.15, -0.1) is 0 Å². The Labute approximate surface area is 106 Å². The van der Waals surface area contributed by atoms with Gasteiger partial charge >= 0.3 is 6.08 Å². The van der Waals surface area contributed by atoms with E-state index in [1.165, 1.54) is 0 Å². The van der Waals surface area contributed by atoms with Crippen LogP contribution in [0.25, 0.3) is 0 Å². The van der Waals surface area contributed by atoms with Gasteiger partial charge < -0.3 is 0 Å². The molecule has 4 heteroatoms. The van der Waals surface area contributed by atoms with Gasteiger partial charge in [0.1, 0.15) is 0 Å². The van der Waals surface area contributed by atoms with E-state index in [4.69, 9.17) is 0 Å². The van der Waals surface area contributed by atoms with Crippen LogP contribution in [-0.2, 0) is 0 Å². The van der Waals surface area contributed by atoms with Crippen molar-refractivity contribution in [2.24, 2.45) is 0 Å². The number of halogens is 3. The fourth-order valence-corrected chi connectivity index (χ4v) is 1.87. The summed E-state index contributed by atoms with van der Waals surface area (Å²) < 4.78 is 38.7. The van der Waals surface area contributed by atoms with Crippen molar-refractivity contribution in [1.82, 2.24) is 4.90 Å². The minimum absolute atomic E-state index is 0.543. The van der Waals surface area contributed by atoms with E-state index in [2.05, 4.69) is 0 Å². The summed E-state index contributed by atoms with van der Waals surface area (Å²) in [6, 6.07) is 7.55. The third-order valence-electron chi connectivity index (χ3n) is 2.84. The maximum atomic E-state index is 13.6. The average Bonchev–Trinajstić information content (AvgIpc) is 2.37. The largest absolute Gasteiger partial charge is 0.303 e. The third-order valence-corrected chi connectivity index (χ3v) is 2.84. The summed E-state index contributed by atoms with van der Waals surface area (Å²) in [6.07, 6.45) is -0.455. The van der Waals surface area contributed by atoms with Crippen LogP contribution in [0.3, 0.4) is 0 Å². The zero-order valence-electron chi connectivity index (χ0n) is 10.7. The Morgan fingerprint density at radius 2 is 1.78 bits per heavy atom. The molecule has 1 atom stereocenters. The van der Waals surface area contributed by atoms with Gasteiger partial charge in [-0.2, -0.15) is 8.78 Å². The molecule has 0 saturated heterocycles. The fraction of sp³-hybridized carbons (Fsp3) is 0.429. The molecule has 0 aliphatic rings. The minimum Gasteiger partial charge on any atom is -0.293 e. The van der Waals surface area contributed by atoms with E-state index < -0.39 is 17.9 Å². The predicted octanol–water partition coefficient (Wildman–Crippen LogP) is 4.54. The van der Waals surface area contributed by atoms with Crippen molar-refractivity contribution < 1.29 is 13.2 Å². The van der Waals surface area contributed by atoms with Crippen LogP contribution in [-0.4, -0.2) is 18.5 Å². The number of hydrogen-bond donors (Lipinski definition) is 0. The Morgan fingerprint density at radius 1 is 1.17 bits per heavy atom. The van der Waals surface area contributed by atoms with Crippen LogP contribution in [0.1, 0.15) is 31.4 Å². The topological polar surface area (TPSA) is 3.24 Å². The molecule has 0 radical (unpaired) electrons. The lowest BCUT2D eigenvalue weighted by Gasteiger charge is -2.26. The van der Waals surface area contributed by atoms with Gasteiger partial charge in [0.05, 0.1) is 6.04 Å². The standard InChI is InChI=1S/C14H18F3N/c1-3-4-10-18(2)13(12(15)14(16)17)11-8-6-5-7-9-11/h5-9,13H,3-4,10H2,1-2H3. The van der Waals surface area contributed by atoms with Gasteiger partial charge in [-0.1, -0.05) is 43.7 Å². The van der Waals surface area contributed by atoms with Gasteiger partial charge in [-0.3, -0.25) is 4.90 Å². The van der Waals surface area contributed by atoms with Crippen molar-refractivity contribution in [3.8, 4) is 0 Å². The first-order chi connectivity index (χ1) is 8.57. The van der Waals surface area contributed by atoms with Gasteiger partial charge in [0.25, 0.3) is 0 Å². The number of benzene rings is 1. The van der Waals surface area contributed by atoms with Crippen LogP contribution in [0.4, 0.5) is 13.2 Å². The molecule has 1 aromatic rings. The molecule has 0 heterocycles. The highest BCUT2D eigenvalue weighted by atomic mass is 19.3. The zero-order chi connectivity index (χ0) is 13.5. The molecule has 100 valence electrons. The number of nitrogens with zero attached hydrogens (tertiary/aromatic N) is 1. The lowest BCUT2D eigenvalue weighted by atomic mass is 10.0. The van der Waals surface area contributed by atoms with E-state index in [-0.39, 0.29) is 0 Å². The van der Waals surface area contributed by atoms with E-state index in [0.717, 1.165) is 12.8 Å². The van der Waals surface area contributed by atoms with Crippen LogP contribution in [0, 0.1) is 0 Å². The quantitative estimate of drug-likeness (QED) is 0.723. The summed E-state index contributed by atoms with van der Waals surface area (Å²) >= 11 is 0. The van der Waals surface area contributed by atoms with E-state index in [1.54, 1.807) is 42.3 Å². The Balaban J connectivity index is 3.00. The lowest BCUT2D eigenvalue weighted by Crippen LogP contribution is -2.26. The molecular formula is C14H18F3N. The molecule has 0 aromatic heterocycles. The zero-order valence-corrected chi connectivity index (χ0v) is 10.7. The molecule has 18 heavy (non-hydrogen) atoms. The van der Waals surface area contributed by atoms with Crippen molar-refractivity contribution >= 4 is 0 Å². The van der Waals surface area contributed by atoms with E-state index >= 15 is 0 Å². The fourth-order valence-electron chi connectivity index (χ4n) is 1.87. The summed E-state index contributed by atoms with van der Waals surface area (Å²) in [6.45, 7) is 2.59. The molecule has 1 aromatic carbocycles. The van der Waals surface area contributed by atoms with Crippen molar-refractivity contribution in [1.29, 1.82) is 0 Å². The average molecular weight is 257 g/mol. The second-order valence-corrected chi connectivity index (χ2v) is 4.26. The van der Waals surface area contributed by atoms with Crippen molar-refractivity contribution in [2.45, 2.75) is 25.8 Å². The lowest BCUT2D eigenvalue weighted by molar-refractivity contribution is 0.224. The van der Waals surface area contributed by atoms with Gasteiger partial charge in [0.2, 0.25) is 0 Å². The van der Waals surface area contributed by atoms with Gasteiger partial charge in [-0.25, -0.2) is 4.39 Å². The Hall–Kier alpha value is -1.29. The summed E-state index contributed by atoms with van der Waals surface area (Å²) in [5.41, 5.74) is 0.543. The Morgan fingerprint density at radius 3 is 2.28 bits per heavy atom. The number of unbranched alkanes of at least 4 members (excludes halogenated alkanes) is 1. The molecule has 0 aliphatic heterocycles. The van der Waals surface area contributed by atoms with E-state index in [9.17, 15) is 13.2 Å². The molecule has 0 saturated carbocycles. The van der Waals surface area contributed by atoms with Gasteiger partial charge in [0.15, 0.2) is 5.83 Å². The molecule has 0 amide bonds. The molecule has 0 N–H and O–H groups in total. The molecule has 0 fully saturated rings. The van der Waals surface area contributed by atoms with Crippen LogP contribution >= 0.6 is 0 Å². The highest BCUT2D eigenvalue weighted by Crippen LogP contribution is 2.31. The van der Waals surface area contributed by atoms with Crippen LogP contribution in [0.15, 0.2) is 42.2 Å². The molecule has 0 aliphatic carbocycles. The molecule has 1 unspecified atom stereocenters. The van der Waals surface area contributed by atoms with Crippen LogP contribution in [0.5, 0.6) is 0 Å². The SMILES string of the molecule is CCCCN(C)C(C(F)=C(F)F)c1ccccc1. The first-order valence-corrected chi connectivity index (χ1v) is 6.03. The maximum absolute atomic E-state index is 13.6. The first kappa shape index (κ1) is 14.8. The molecular weight excluding hydrogens is 239 g/mol. The second kappa shape index (κ2) is 7.21. The second-order valence-electron chi connectivity index (χ2n) is 4.26. The highest BCUT2D eigenvalue weighted by Gasteiger charge is 2.25. The molecule has 1 rings (SSSR count). The van der Waals surface area contributed by atoms with Crippen LogP contribution in [0.2, 0.25) is 0 Å². The molecule has 0 spiro atoms. The number of hydrogen-bond acceptors (Lipinski definition) is 1. The van der Waals surface area contributed by atoms with Crippen molar-refractivity contribution in [3.63, 3.8) is 0 Å². The van der Waals surface area contributed by atoms with E-state index in [1.807, 2.05) is 6.92 Å². The maximum Gasteiger partial charge on any atom is 0.303 e. The highest BCUT2D eigenvalue weighted by molar-refractivity contribution is 5.25. The van der Waals surface area contributed by atoms with Gasteiger partial charge in [0, 0.05) is 0 Å². The Bertz CT molecular complexity index is 385. The van der Waals surface area contributed by atoms with Crippen molar-refractivity contribution in [2.75, 3.05) is 13.6 Å². The predicted molar refractivity (Wildman–Crippen MR) is 67.1 cm³/mol. The molecule has 0 bridgehead atoms. The summed E-state index contributed by atoms with van der Waals surface area (Å²) in [5, 5.41) is 0.